The molecule has 5 nitrogen and oxygen atoms in total. The van der Waals surface area contributed by atoms with Crippen LogP contribution in [0.5, 0.6) is 0 Å². The van der Waals surface area contributed by atoms with E-state index < -0.39 is 0 Å². The van der Waals surface area contributed by atoms with Crippen molar-refractivity contribution in [1.29, 1.82) is 0 Å². The van der Waals surface area contributed by atoms with Crippen LogP contribution in [0, 0.1) is 0 Å². The maximum absolute atomic E-state index is 11.9. The zero-order valence-corrected chi connectivity index (χ0v) is 14.1. The Bertz CT molecular complexity index is 594. The number of nitrogens with one attached hydrogen (secondary N) is 3. The van der Waals surface area contributed by atoms with Crippen molar-refractivity contribution >= 4 is 41.1 Å². The molecular weight excluding hydrogens is 320 g/mol. The standard InChI is InChI=1S/C15H20N4OS.ClH/c1-10(15-18-12-4-2-3-5-13(12)19-15)21-9-14(20)17-11-6-7-16-8-11;/h2-5,10-11,16H,6-9H2,1H3,(H,17,20)(H,18,19);1H. The number of hydrogen-bond donors (Lipinski definition) is 3. The Morgan fingerprint density at radius 2 is 2.32 bits per heavy atom. The predicted octanol–water partition coefficient (Wildman–Crippen LogP) is 2.26. The van der Waals surface area contributed by atoms with Gasteiger partial charge in [-0.1, -0.05) is 12.1 Å². The first kappa shape index (κ1) is 17.1. The fraction of sp³-hybridized carbons (Fsp3) is 0.467. The van der Waals surface area contributed by atoms with Crippen LogP contribution in [0.2, 0.25) is 0 Å². The lowest BCUT2D eigenvalue weighted by molar-refractivity contribution is -0.119. The van der Waals surface area contributed by atoms with Crippen LogP contribution in [0.15, 0.2) is 24.3 Å². The van der Waals surface area contributed by atoms with Gasteiger partial charge in [0.1, 0.15) is 5.82 Å². The van der Waals surface area contributed by atoms with Crippen molar-refractivity contribution < 1.29 is 4.79 Å². The van der Waals surface area contributed by atoms with Gasteiger partial charge in [-0.15, -0.1) is 24.2 Å². The molecule has 1 aliphatic heterocycles. The third-order valence-corrected chi connectivity index (χ3v) is 4.83. The van der Waals surface area contributed by atoms with E-state index in [0.717, 1.165) is 36.4 Å². The molecule has 2 aromatic rings. The summed E-state index contributed by atoms with van der Waals surface area (Å²) in [5.74, 6) is 1.50. The highest BCUT2D eigenvalue weighted by molar-refractivity contribution is 8.00. The predicted molar refractivity (Wildman–Crippen MR) is 93.6 cm³/mol. The number of imidazole rings is 1. The van der Waals surface area contributed by atoms with E-state index in [1.54, 1.807) is 11.8 Å². The van der Waals surface area contributed by atoms with E-state index >= 15 is 0 Å². The smallest absolute Gasteiger partial charge is 0.230 e. The summed E-state index contributed by atoms with van der Waals surface area (Å²) in [6.07, 6.45) is 1.02. The first-order chi connectivity index (χ1) is 10.2. The molecule has 22 heavy (non-hydrogen) atoms. The van der Waals surface area contributed by atoms with Crippen molar-refractivity contribution in [3.05, 3.63) is 30.1 Å². The van der Waals surface area contributed by atoms with Gasteiger partial charge in [0.25, 0.3) is 0 Å². The Labute approximate surface area is 140 Å². The van der Waals surface area contributed by atoms with Gasteiger partial charge in [0.15, 0.2) is 0 Å². The highest BCUT2D eigenvalue weighted by atomic mass is 35.5. The van der Waals surface area contributed by atoms with Gasteiger partial charge in [-0.05, 0) is 32.0 Å². The zero-order chi connectivity index (χ0) is 14.7. The molecule has 7 heteroatoms. The number of hydrogen-bond acceptors (Lipinski definition) is 4. The molecule has 0 aliphatic carbocycles. The molecule has 1 fully saturated rings. The summed E-state index contributed by atoms with van der Waals surface area (Å²) < 4.78 is 0. The van der Waals surface area contributed by atoms with Crippen LogP contribution in [-0.4, -0.2) is 40.8 Å². The highest BCUT2D eigenvalue weighted by Crippen LogP contribution is 2.27. The van der Waals surface area contributed by atoms with Crippen LogP contribution in [0.25, 0.3) is 11.0 Å². The number of H-pyrrole nitrogens is 1. The van der Waals surface area contributed by atoms with E-state index in [1.165, 1.54) is 0 Å². The number of thioether (sulfide) groups is 1. The molecule has 0 radical (unpaired) electrons. The number of carbonyl (C=O) groups is 1. The van der Waals surface area contributed by atoms with E-state index in [9.17, 15) is 4.79 Å². The molecule has 2 unspecified atom stereocenters. The normalized spacial score (nSPS) is 18.9. The lowest BCUT2D eigenvalue weighted by Gasteiger charge is -2.12. The second kappa shape index (κ2) is 7.85. The molecule has 3 rings (SSSR count). The topological polar surface area (TPSA) is 69.8 Å². The van der Waals surface area contributed by atoms with Gasteiger partial charge >= 0.3 is 0 Å². The lowest BCUT2D eigenvalue weighted by atomic mass is 10.3. The Morgan fingerprint density at radius 3 is 3.05 bits per heavy atom. The van der Waals surface area contributed by atoms with Crippen LogP contribution in [-0.2, 0) is 4.79 Å². The molecule has 1 aliphatic rings. The highest BCUT2D eigenvalue weighted by Gasteiger charge is 2.18. The average Bonchev–Trinajstić information content (AvgIpc) is 3.13. The number of para-hydroxylation sites is 2. The van der Waals surface area contributed by atoms with Crippen LogP contribution >= 0.6 is 24.2 Å². The van der Waals surface area contributed by atoms with Gasteiger partial charge in [-0.3, -0.25) is 4.79 Å². The number of nitrogens with zero attached hydrogens (tertiary/aromatic N) is 1. The minimum atomic E-state index is 0. The van der Waals surface area contributed by atoms with Gasteiger partial charge in [0, 0.05) is 12.6 Å². The van der Waals surface area contributed by atoms with Gasteiger partial charge in [0.2, 0.25) is 5.91 Å². The third-order valence-electron chi connectivity index (χ3n) is 3.68. The number of aromatic nitrogens is 2. The molecule has 120 valence electrons. The maximum Gasteiger partial charge on any atom is 0.230 e. The number of halogens is 1. The monoisotopic (exact) mass is 340 g/mol. The Kier molecular flexibility index (Phi) is 6.11. The van der Waals surface area contributed by atoms with Crippen molar-refractivity contribution in [3.8, 4) is 0 Å². The van der Waals surface area contributed by atoms with E-state index in [0.29, 0.717) is 11.8 Å². The first-order valence-corrected chi connectivity index (χ1v) is 8.33. The molecule has 1 saturated heterocycles. The molecule has 1 amide bonds. The molecule has 0 spiro atoms. The summed E-state index contributed by atoms with van der Waals surface area (Å²) >= 11 is 1.61. The fourth-order valence-corrected chi connectivity index (χ4v) is 3.25. The van der Waals surface area contributed by atoms with Crippen LogP contribution in [0.4, 0.5) is 0 Å². The summed E-state index contributed by atoms with van der Waals surface area (Å²) in [6, 6.07) is 8.27. The molecule has 2 atom stereocenters. The summed E-state index contributed by atoms with van der Waals surface area (Å²) in [4.78, 5) is 19.8. The minimum Gasteiger partial charge on any atom is -0.351 e. The minimum absolute atomic E-state index is 0. The lowest BCUT2D eigenvalue weighted by Crippen LogP contribution is -2.37. The van der Waals surface area contributed by atoms with Crippen molar-refractivity contribution in [2.45, 2.75) is 24.6 Å². The van der Waals surface area contributed by atoms with Crippen molar-refractivity contribution in [2.24, 2.45) is 0 Å². The van der Waals surface area contributed by atoms with Crippen LogP contribution < -0.4 is 10.6 Å². The quantitative estimate of drug-likeness (QED) is 0.781. The second-order valence-electron chi connectivity index (χ2n) is 5.35. The zero-order valence-electron chi connectivity index (χ0n) is 12.5. The van der Waals surface area contributed by atoms with Gasteiger partial charge in [0.05, 0.1) is 22.0 Å². The molecule has 3 N–H and O–H groups in total. The maximum atomic E-state index is 11.9. The van der Waals surface area contributed by atoms with Crippen LogP contribution in [0.1, 0.15) is 24.4 Å². The largest absolute Gasteiger partial charge is 0.351 e. The van der Waals surface area contributed by atoms with E-state index in [4.69, 9.17) is 0 Å². The molecule has 2 heterocycles. The Morgan fingerprint density at radius 1 is 1.50 bits per heavy atom. The average molecular weight is 341 g/mol. The number of benzene rings is 1. The fourth-order valence-electron chi connectivity index (χ4n) is 2.49. The molecule has 1 aromatic heterocycles. The summed E-state index contributed by atoms with van der Waals surface area (Å²) in [6.45, 7) is 3.95. The number of amides is 1. The number of fused-ring (bicyclic) bond motifs is 1. The third kappa shape index (κ3) is 4.15. The van der Waals surface area contributed by atoms with E-state index in [2.05, 4.69) is 27.5 Å². The van der Waals surface area contributed by atoms with Gasteiger partial charge in [-0.25, -0.2) is 4.98 Å². The SMILES string of the molecule is CC(SCC(=O)NC1CCNC1)c1nc2ccccc2[nH]1.Cl. The van der Waals surface area contributed by atoms with E-state index in [1.807, 2.05) is 24.3 Å². The number of rotatable bonds is 5. The molecule has 1 aromatic carbocycles. The van der Waals surface area contributed by atoms with Gasteiger partial charge < -0.3 is 15.6 Å². The van der Waals surface area contributed by atoms with Crippen molar-refractivity contribution in [1.82, 2.24) is 20.6 Å². The summed E-state index contributed by atoms with van der Waals surface area (Å²) in [5.41, 5.74) is 2.02. The van der Waals surface area contributed by atoms with Crippen LogP contribution in [0.3, 0.4) is 0 Å². The number of aromatic amines is 1. The summed E-state index contributed by atoms with van der Waals surface area (Å²) in [5, 5.41) is 6.48. The molecule has 0 bridgehead atoms. The second-order valence-corrected chi connectivity index (χ2v) is 6.68. The van der Waals surface area contributed by atoms with Crippen molar-refractivity contribution in [3.63, 3.8) is 0 Å². The number of carbonyl (C=O) groups excluding carboxylic acids is 1. The summed E-state index contributed by atoms with van der Waals surface area (Å²) in [7, 11) is 0. The Balaban J connectivity index is 0.00000176. The van der Waals surface area contributed by atoms with Crippen molar-refractivity contribution in [2.75, 3.05) is 18.8 Å². The van der Waals surface area contributed by atoms with Gasteiger partial charge in [-0.2, -0.15) is 0 Å². The first-order valence-electron chi connectivity index (χ1n) is 7.28. The van der Waals surface area contributed by atoms with E-state index in [-0.39, 0.29) is 23.6 Å². The molecular formula is C15H21ClN4OS. The molecule has 0 saturated carbocycles. The Hall–Kier alpha value is -1.24.